The Morgan fingerprint density at radius 3 is 2.57 bits per heavy atom. The Hall–Kier alpha value is -0.800. The molecule has 1 aliphatic heterocycles. The standard InChI is InChI=1S/C21H34ClNO6S/c1-13(2)7-8-15-20(3,29-15)18-17(27-4)14(28-19(25)23-16(24)11-22)9-10-21(18,26)12-30(5)6/h7,14-15,17-18,26H,8-12H2,1-6H3/p+1/t14-,15-,17-,18-,20+,21+/m1/s1. The van der Waals surface area contributed by atoms with Crippen molar-refractivity contribution in [1.29, 1.82) is 0 Å². The predicted octanol–water partition coefficient (Wildman–Crippen LogP) is 2.39. The molecule has 0 bridgehead atoms. The number of carbonyl (C=O) groups is 2. The average molecular weight is 465 g/mol. The summed E-state index contributed by atoms with van der Waals surface area (Å²) in [6.45, 7) is 6.08. The summed E-state index contributed by atoms with van der Waals surface area (Å²) >= 11 is 5.44. The van der Waals surface area contributed by atoms with Crippen LogP contribution in [0.3, 0.4) is 0 Å². The van der Waals surface area contributed by atoms with Gasteiger partial charge in [-0.3, -0.25) is 10.1 Å². The lowest BCUT2D eigenvalue weighted by Gasteiger charge is -2.47. The summed E-state index contributed by atoms with van der Waals surface area (Å²) in [6.07, 6.45) is 5.90. The lowest BCUT2D eigenvalue weighted by molar-refractivity contribution is -0.170. The van der Waals surface area contributed by atoms with E-state index in [9.17, 15) is 14.7 Å². The van der Waals surface area contributed by atoms with Crippen LogP contribution < -0.4 is 5.32 Å². The van der Waals surface area contributed by atoms with Crippen LogP contribution in [-0.2, 0) is 29.9 Å². The van der Waals surface area contributed by atoms with Crippen LogP contribution >= 0.6 is 11.6 Å². The molecule has 30 heavy (non-hydrogen) atoms. The zero-order valence-corrected chi connectivity index (χ0v) is 20.3. The molecule has 2 amide bonds. The van der Waals surface area contributed by atoms with Gasteiger partial charge in [-0.05, 0) is 50.9 Å². The maximum absolute atomic E-state index is 12.1. The van der Waals surface area contributed by atoms with Gasteiger partial charge < -0.3 is 19.3 Å². The Morgan fingerprint density at radius 1 is 1.37 bits per heavy atom. The Morgan fingerprint density at radius 2 is 2.03 bits per heavy atom. The van der Waals surface area contributed by atoms with Crippen molar-refractivity contribution in [3.8, 4) is 0 Å². The number of hydrogen-bond donors (Lipinski definition) is 2. The first-order valence-corrected chi connectivity index (χ1v) is 12.9. The predicted molar refractivity (Wildman–Crippen MR) is 119 cm³/mol. The fourth-order valence-corrected chi connectivity index (χ4v) is 6.04. The topological polar surface area (TPSA) is 97.4 Å². The molecule has 2 fully saturated rings. The van der Waals surface area contributed by atoms with E-state index in [4.69, 9.17) is 25.8 Å². The average Bonchev–Trinajstić information content (AvgIpc) is 3.30. The Bertz CT molecular complexity index is 670. The Balaban J connectivity index is 2.27. The molecular weight excluding hydrogens is 430 g/mol. The van der Waals surface area contributed by atoms with Gasteiger partial charge in [0.15, 0.2) is 0 Å². The number of rotatable bonds is 8. The summed E-state index contributed by atoms with van der Waals surface area (Å²) in [6, 6.07) is 0. The highest BCUT2D eigenvalue weighted by atomic mass is 35.5. The van der Waals surface area contributed by atoms with Crippen molar-refractivity contribution in [3.05, 3.63) is 11.6 Å². The number of imide groups is 1. The zero-order chi connectivity index (χ0) is 22.7. The highest BCUT2D eigenvalue weighted by Crippen LogP contribution is 2.55. The van der Waals surface area contributed by atoms with Crippen LogP contribution in [0.15, 0.2) is 11.6 Å². The molecule has 6 atom stereocenters. The fourth-order valence-electron chi connectivity index (χ4n) is 4.65. The first-order chi connectivity index (χ1) is 14.0. The normalized spacial score (nSPS) is 35.6. The summed E-state index contributed by atoms with van der Waals surface area (Å²) in [4.78, 5) is 23.5. The van der Waals surface area contributed by atoms with Crippen LogP contribution in [0.25, 0.3) is 0 Å². The van der Waals surface area contributed by atoms with Crippen molar-refractivity contribution in [1.82, 2.24) is 5.32 Å². The molecular formula is C21H35ClNO6S+. The lowest BCUT2D eigenvalue weighted by Crippen LogP contribution is -2.62. The number of alkyl carbamates (subject to hydrolysis) is 1. The molecule has 1 saturated heterocycles. The van der Waals surface area contributed by atoms with Gasteiger partial charge in [0.05, 0.1) is 24.5 Å². The summed E-state index contributed by atoms with van der Waals surface area (Å²) in [5.74, 6) is -0.714. The minimum absolute atomic E-state index is 0.00293. The van der Waals surface area contributed by atoms with Gasteiger partial charge in [0.25, 0.3) is 0 Å². The lowest BCUT2D eigenvalue weighted by atomic mass is 9.66. The zero-order valence-electron chi connectivity index (χ0n) is 18.7. The van der Waals surface area contributed by atoms with E-state index in [-0.39, 0.29) is 28.8 Å². The maximum atomic E-state index is 12.1. The van der Waals surface area contributed by atoms with Gasteiger partial charge >= 0.3 is 6.09 Å². The third-order valence-electron chi connectivity index (χ3n) is 5.90. The van der Waals surface area contributed by atoms with Crippen molar-refractivity contribution in [2.45, 2.75) is 69.5 Å². The number of aliphatic hydroxyl groups is 1. The molecule has 0 aromatic heterocycles. The third kappa shape index (κ3) is 5.91. The SMILES string of the molecule is CO[C@@H]1[C@H](OC(=O)NC(=O)CCl)CC[C@](O)(C[S+](C)C)[C@H]1[C@@]1(C)O[C@@H]1CC=C(C)C. The van der Waals surface area contributed by atoms with E-state index in [1.807, 2.05) is 20.8 Å². The van der Waals surface area contributed by atoms with Crippen LogP contribution in [0.4, 0.5) is 4.79 Å². The van der Waals surface area contributed by atoms with Gasteiger partial charge in [-0.15, -0.1) is 11.6 Å². The van der Waals surface area contributed by atoms with Crippen LogP contribution in [0.5, 0.6) is 0 Å². The molecule has 1 heterocycles. The number of ether oxygens (including phenoxy) is 3. The van der Waals surface area contributed by atoms with Crippen LogP contribution in [-0.4, -0.2) is 77.9 Å². The van der Waals surface area contributed by atoms with Gasteiger partial charge in [0.1, 0.15) is 35.0 Å². The third-order valence-corrected chi connectivity index (χ3v) is 7.22. The van der Waals surface area contributed by atoms with Crippen molar-refractivity contribution in [2.75, 3.05) is 31.3 Å². The van der Waals surface area contributed by atoms with Gasteiger partial charge in [0.2, 0.25) is 5.91 Å². The number of amides is 2. The van der Waals surface area contributed by atoms with Crippen molar-refractivity contribution < 1.29 is 28.9 Å². The number of hydrogen-bond acceptors (Lipinski definition) is 6. The van der Waals surface area contributed by atoms with E-state index >= 15 is 0 Å². The molecule has 0 radical (unpaired) electrons. The number of methoxy groups -OCH3 is 1. The largest absolute Gasteiger partial charge is 0.443 e. The fraction of sp³-hybridized carbons (Fsp3) is 0.810. The Labute approximate surface area is 187 Å². The van der Waals surface area contributed by atoms with Gasteiger partial charge in [0, 0.05) is 7.11 Å². The molecule has 2 aliphatic rings. The molecule has 0 unspecified atom stereocenters. The van der Waals surface area contributed by atoms with Crippen molar-refractivity contribution >= 4 is 34.5 Å². The number of epoxide rings is 1. The van der Waals surface area contributed by atoms with Crippen molar-refractivity contribution in [2.24, 2.45) is 5.92 Å². The summed E-state index contributed by atoms with van der Waals surface area (Å²) < 4.78 is 17.4. The molecule has 0 aromatic rings. The summed E-state index contributed by atoms with van der Waals surface area (Å²) in [5, 5.41) is 13.8. The summed E-state index contributed by atoms with van der Waals surface area (Å²) in [7, 11) is 1.55. The molecule has 2 rings (SSSR count). The second kappa shape index (κ2) is 10.2. The number of carbonyl (C=O) groups excluding carboxylic acids is 2. The smallest absolute Gasteiger partial charge is 0.414 e. The first-order valence-electron chi connectivity index (χ1n) is 10.1. The van der Waals surface area contributed by atoms with Crippen molar-refractivity contribution in [3.63, 3.8) is 0 Å². The molecule has 2 N–H and O–H groups in total. The second-order valence-electron chi connectivity index (χ2n) is 8.88. The Kier molecular flexibility index (Phi) is 8.67. The quantitative estimate of drug-likeness (QED) is 0.248. The van der Waals surface area contributed by atoms with E-state index < -0.39 is 35.4 Å². The number of allylic oxidation sites excluding steroid dienone is 1. The number of halogens is 1. The minimum Gasteiger partial charge on any atom is -0.443 e. The molecule has 0 spiro atoms. The van der Waals surface area contributed by atoms with Crippen LogP contribution in [0.1, 0.15) is 40.0 Å². The number of nitrogens with one attached hydrogen (secondary N) is 1. The van der Waals surface area contributed by atoms with E-state index in [1.165, 1.54) is 5.57 Å². The molecule has 1 aliphatic carbocycles. The molecule has 0 aromatic carbocycles. The highest BCUT2D eigenvalue weighted by Gasteiger charge is 2.68. The molecule has 1 saturated carbocycles. The molecule has 7 nitrogen and oxygen atoms in total. The maximum Gasteiger partial charge on any atom is 0.414 e. The van der Waals surface area contributed by atoms with Gasteiger partial charge in [-0.25, -0.2) is 4.79 Å². The van der Waals surface area contributed by atoms with E-state index in [2.05, 4.69) is 23.9 Å². The van der Waals surface area contributed by atoms with Crippen LogP contribution in [0, 0.1) is 5.92 Å². The number of alkyl halides is 1. The van der Waals surface area contributed by atoms with Gasteiger partial charge in [-0.2, -0.15) is 0 Å². The van der Waals surface area contributed by atoms with Crippen LogP contribution in [0.2, 0.25) is 0 Å². The van der Waals surface area contributed by atoms with Gasteiger partial charge in [-0.1, -0.05) is 11.6 Å². The molecule has 172 valence electrons. The van der Waals surface area contributed by atoms with E-state index in [1.54, 1.807) is 7.11 Å². The first kappa shape index (κ1) is 25.5. The highest BCUT2D eigenvalue weighted by molar-refractivity contribution is 7.95. The van der Waals surface area contributed by atoms with E-state index in [0.29, 0.717) is 18.6 Å². The monoisotopic (exact) mass is 464 g/mol. The molecule has 9 heteroatoms. The second-order valence-corrected chi connectivity index (χ2v) is 11.4. The minimum atomic E-state index is -0.996. The summed E-state index contributed by atoms with van der Waals surface area (Å²) in [5.41, 5.74) is -0.379. The van der Waals surface area contributed by atoms with E-state index in [0.717, 1.165) is 6.42 Å².